The first kappa shape index (κ1) is 13.5. The van der Waals surface area contributed by atoms with E-state index in [0.717, 1.165) is 13.1 Å². The molecule has 94 valence electrons. The van der Waals surface area contributed by atoms with Gasteiger partial charge in [0.15, 0.2) is 0 Å². The Hall–Kier alpha value is -0.570. The number of hydrogen-bond donors (Lipinski definition) is 1. The summed E-state index contributed by atoms with van der Waals surface area (Å²) in [6, 6.07) is 0. The first-order valence-corrected chi connectivity index (χ1v) is 6.69. The van der Waals surface area contributed by atoms with E-state index in [9.17, 15) is 4.79 Å². The van der Waals surface area contributed by atoms with Crippen molar-refractivity contribution >= 4 is 5.91 Å². The summed E-state index contributed by atoms with van der Waals surface area (Å²) in [6.07, 6.45) is 5.62. The number of nitrogens with zero attached hydrogens (tertiary/aromatic N) is 1. The van der Waals surface area contributed by atoms with Crippen molar-refractivity contribution in [2.24, 2.45) is 17.6 Å². The molecule has 1 saturated heterocycles. The Morgan fingerprint density at radius 2 is 2.25 bits per heavy atom. The van der Waals surface area contributed by atoms with Crippen LogP contribution in [-0.2, 0) is 4.79 Å². The monoisotopic (exact) mass is 226 g/mol. The highest BCUT2D eigenvalue weighted by Crippen LogP contribution is 2.21. The van der Waals surface area contributed by atoms with Crippen molar-refractivity contribution in [3.8, 4) is 0 Å². The van der Waals surface area contributed by atoms with Gasteiger partial charge in [0, 0.05) is 19.5 Å². The summed E-state index contributed by atoms with van der Waals surface area (Å²) in [5, 5.41) is 0. The number of nitrogens with two attached hydrogens (primary N) is 1. The molecule has 2 N–H and O–H groups in total. The van der Waals surface area contributed by atoms with Crippen LogP contribution in [0.1, 0.15) is 46.0 Å². The molecular weight excluding hydrogens is 200 g/mol. The molecule has 0 bridgehead atoms. The zero-order valence-corrected chi connectivity index (χ0v) is 10.7. The van der Waals surface area contributed by atoms with Gasteiger partial charge in [0.25, 0.3) is 0 Å². The van der Waals surface area contributed by atoms with E-state index in [4.69, 9.17) is 5.73 Å². The number of rotatable bonds is 7. The molecule has 0 saturated carbocycles. The van der Waals surface area contributed by atoms with E-state index in [1.54, 1.807) is 0 Å². The number of hydrogen-bond acceptors (Lipinski definition) is 2. The maximum absolute atomic E-state index is 11.7. The maximum Gasteiger partial charge on any atom is 0.222 e. The van der Waals surface area contributed by atoms with Crippen molar-refractivity contribution in [1.82, 2.24) is 4.90 Å². The lowest BCUT2D eigenvalue weighted by Crippen LogP contribution is -2.31. The Morgan fingerprint density at radius 3 is 2.75 bits per heavy atom. The number of unbranched alkanes of at least 4 members (excludes halogenated alkanes) is 1. The van der Waals surface area contributed by atoms with Crippen molar-refractivity contribution in [2.75, 3.05) is 19.6 Å². The minimum absolute atomic E-state index is 0.311. The number of carbonyl (C=O) groups excluding carboxylic acids is 1. The summed E-state index contributed by atoms with van der Waals surface area (Å²) in [5.41, 5.74) is 5.62. The second-order valence-corrected chi connectivity index (χ2v) is 5.02. The zero-order valence-electron chi connectivity index (χ0n) is 10.7. The summed E-state index contributed by atoms with van der Waals surface area (Å²) in [4.78, 5) is 13.8. The fourth-order valence-corrected chi connectivity index (χ4v) is 2.42. The summed E-state index contributed by atoms with van der Waals surface area (Å²) in [6.45, 7) is 6.93. The maximum atomic E-state index is 11.7. The van der Waals surface area contributed by atoms with Crippen LogP contribution in [0.4, 0.5) is 0 Å². The van der Waals surface area contributed by atoms with Gasteiger partial charge >= 0.3 is 0 Å². The summed E-state index contributed by atoms with van der Waals surface area (Å²) < 4.78 is 0. The molecule has 1 aliphatic rings. The number of likely N-dealkylation sites (tertiary alicyclic amines) is 1. The van der Waals surface area contributed by atoms with Crippen molar-refractivity contribution in [3.63, 3.8) is 0 Å². The fraction of sp³-hybridized carbons (Fsp3) is 0.923. The van der Waals surface area contributed by atoms with Crippen LogP contribution >= 0.6 is 0 Å². The van der Waals surface area contributed by atoms with E-state index in [1.807, 2.05) is 4.90 Å². The normalized spacial score (nSPS) is 22.8. The third-order valence-corrected chi connectivity index (χ3v) is 3.65. The molecule has 2 atom stereocenters. The van der Waals surface area contributed by atoms with Crippen LogP contribution in [0.3, 0.4) is 0 Å². The fourth-order valence-electron chi connectivity index (χ4n) is 2.42. The van der Waals surface area contributed by atoms with Crippen molar-refractivity contribution in [3.05, 3.63) is 0 Å². The van der Waals surface area contributed by atoms with Gasteiger partial charge in [-0.1, -0.05) is 33.1 Å². The van der Waals surface area contributed by atoms with Crippen LogP contribution in [0.5, 0.6) is 0 Å². The third-order valence-electron chi connectivity index (χ3n) is 3.65. The van der Waals surface area contributed by atoms with E-state index in [1.165, 1.54) is 25.7 Å². The van der Waals surface area contributed by atoms with Crippen LogP contribution in [0, 0.1) is 11.8 Å². The largest absolute Gasteiger partial charge is 0.342 e. The summed E-state index contributed by atoms with van der Waals surface area (Å²) >= 11 is 0. The summed E-state index contributed by atoms with van der Waals surface area (Å²) in [5.74, 6) is 1.39. The topological polar surface area (TPSA) is 46.3 Å². The van der Waals surface area contributed by atoms with E-state index in [2.05, 4.69) is 13.8 Å². The van der Waals surface area contributed by atoms with Gasteiger partial charge in [-0.15, -0.1) is 0 Å². The molecule has 0 aromatic heterocycles. The number of amides is 1. The minimum atomic E-state index is 0.311. The third kappa shape index (κ3) is 3.78. The molecule has 16 heavy (non-hydrogen) atoms. The molecular formula is C13H26N2O. The van der Waals surface area contributed by atoms with E-state index in [-0.39, 0.29) is 0 Å². The average Bonchev–Trinajstić information content (AvgIpc) is 2.65. The molecule has 0 radical (unpaired) electrons. The smallest absolute Gasteiger partial charge is 0.222 e. The van der Waals surface area contributed by atoms with E-state index in [0.29, 0.717) is 30.7 Å². The molecule has 0 aliphatic carbocycles. The lowest BCUT2D eigenvalue weighted by Gasteiger charge is -2.23. The van der Waals surface area contributed by atoms with Gasteiger partial charge in [-0.3, -0.25) is 4.79 Å². The molecule has 1 heterocycles. The Labute approximate surface area is 99.4 Å². The SMILES string of the molecule is CCCCC(CC)CN1CC(CN)CC1=O. The average molecular weight is 226 g/mol. The van der Waals surface area contributed by atoms with Gasteiger partial charge in [0.1, 0.15) is 0 Å². The highest BCUT2D eigenvalue weighted by molar-refractivity contribution is 5.78. The molecule has 3 heteroatoms. The highest BCUT2D eigenvalue weighted by Gasteiger charge is 2.29. The second kappa shape index (κ2) is 6.89. The van der Waals surface area contributed by atoms with Crippen LogP contribution in [0.25, 0.3) is 0 Å². The van der Waals surface area contributed by atoms with Crippen LogP contribution in [0.15, 0.2) is 0 Å². The molecule has 1 rings (SSSR count). The lowest BCUT2D eigenvalue weighted by molar-refractivity contribution is -0.128. The van der Waals surface area contributed by atoms with Crippen LogP contribution < -0.4 is 5.73 Å². The minimum Gasteiger partial charge on any atom is -0.342 e. The first-order chi connectivity index (χ1) is 7.71. The quantitative estimate of drug-likeness (QED) is 0.722. The predicted molar refractivity (Wildman–Crippen MR) is 67.0 cm³/mol. The predicted octanol–water partition coefficient (Wildman–Crippen LogP) is 2.01. The Morgan fingerprint density at radius 1 is 1.50 bits per heavy atom. The Balaban J connectivity index is 2.36. The van der Waals surface area contributed by atoms with Crippen LogP contribution in [0.2, 0.25) is 0 Å². The second-order valence-electron chi connectivity index (χ2n) is 5.02. The molecule has 0 aromatic rings. The molecule has 3 nitrogen and oxygen atoms in total. The molecule has 0 spiro atoms. The molecule has 1 fully saturated rings. The van der Waals surface area contributed by atoms with Gasteiger partial charge in [-0.25, -0.2) is 0 Å². The summed E-state index contributed by atoms with van der Waals surface area (Å²) in [7, 11) is 0. The standard InChI is InChI=1S/C13H26N2O/c1-3-5-6-11(4-2)9-15-10-12(8-14)7-13(15)16/h11-12H,3-10,14H2,1-2H3. The Bertz CT molecular complexity index is 218. The van der Waals surface area contributed by atoms with Gasteiger partial charge in [-0.05, 0) is 24.8 Å². The molecule has 2 unspecified atom stereocenters. The highest BCUT2D eigenvalue weighted by atomic mass is 16.2. The lowest BCUT2D eigenvalue weighted by atomic mass is 9.99. The van der Waals surface area contributed by atoms with Crippen molar-refractivity contribution < 1.29 is 4.79 Å². The van der Waals surface area contributed by atoms with Crippen molar-refractivity contribution in [2.45, 2.75) is 46.0 Å². The first-order valence-electron chi connectivity index (χ1n) is 6.69. The molecule has 1 amide bonds. The van der Waals surface area contributed by atoms with Gasteiger partial charge in [0.2, 0.25) is 5.91 Å². The number of carbonyl (C=O) groups is 1. The van der Waals surface area contributed by atoms with Crippen molar-refractivity contribution in [1.29, 1.82) is 0 Å². The molecule has 1 aliphatic heterocycles. The Kier molecular flexibility index (Phi) is 5.81. The van der Waals surface area contributed by atoms with E-state index >= 15 is 0 Å². The van der Waals surface area contributed by atoms with Gasteiger partial charge < -0.3 is 10.6 Å². The van der Waals surface area contributed by atoms with Crippen LogP contribution in [-0.4, -0.2) is 30.4 Å². The van der Waals surface area contributed by atoms with Gasteiger partial charge in [0.05, 0.1) is 0 Å². The zero-order chi connectivity index (χ0) is 12.0. The molecule has 0 aromatic carbocycles. The van der Waals surface area contributed by atoms with E-state index < -0.39 is 0 Å². The van der Waals surface area contributed by atoms with Gasteiger partial charge in [-0.2, -0.15) is 0 Å².